The van der Waals surface area contributed by atoms with E-state index in [4.69, 9.17) is 4.74 Å². The second-order valence-corrected chi connectivity index (χ2v) is 3.79. The van der Waals surface area contributed by atoms with Crippen LogP contribution >= 0.6 is 0 Å². The first-order valence-corrected chi connectivity index (χ1v) is 5.79. The third-order valence-electron chi connectivity index (χ3n) is 2.61. The summed E-state index contributed by atoms with van der Waals surface area (Å²) in [5.41, 5.74) is 1.09. The van der Waals surface area contributed by atoms with Gasteiger partial charge in [-0.15, -0.1) is 0 Å². The number of benzene rings is 1. The van der Waals surface area contributed by atoms with E-state index < -0.39 is 0 Å². The maximum atomic E-state index is 13.3. The standard InChI is InChI=1S/C13H20FNO/c1-4-6-12(15-5-2)10-7-8-11(14)13(9-10)16-3/h7-9,12,15H,4-6H2,1-3H3. The normalized spacial score (nSPS) is 12.5. The van der Waals surface area contributed by atoms with Crippen molar-refractivity contribution in [3.05, 3.63) is 29.6 Å². The molecule has 0 bridgehead atoms. The molecule has 1 atom stereocenters. The van der Waals surface area contributed by atoms with E-state index in [0.717, 1.165) is 24.9 Å². The highest BCUT2D eigenvalue weighted by Crippen LogP contribution is 2.25. The first kappa shape index (κ1) is 13.0. The Morgan fingerprint density at radius 1 is 1.38 bits per heavy atom. The average molecular weight is 225 g/mol. The Morgan fingerprint density at radius 3 is 2.69 bits per heavy atom. The van der Waals surface area contributed by atoms with Crippen molar-refractivity contribution in [1.82, 2.24) is 5.32 Å². The Morgan fingerprint density at radius 2 is 2.12 bits per heavy atom. The monoisotopic (exact) mass is 225 g/mol. The zero-order valence-electron chi connectivity index (χ0n) is 10.2. The van der Waals surface area contributed by atoms with Gasteiger partial charge in [0.1, 0.15) is 0 Å². The van der Waals surface area contributed by atoms with E-state index in [1.165, 1.54) is 13.2 Å². The minimum absolute atomic E-state index is 0.282. The van der Waals surface area contributed by atoms with Crippen molar-refractivity contribution in [2.75, 3.05) is 13.7 Å². The van der Waals surface area contributed by atoms with Crippen molar-refractivity contribution in [2.45, 2.75) is 32.7 Å². The Hall–Kier alpha value is -1.09. The molecule has 0 fully saturated rings. The van der Waals surface area contributed by atoms with Crippen molar-refractivity contribution in [2.24, 2.45) is 0 Å². The zero-order valence-corrected chi connectivity index (χ0v) is 10.2. The van der Waals surface area contributed by atoms with E-state index in [1.807, 2.05) is 6.07 Å². The van der Waals surface area contributed by atoms with E-state index in [9.17, 15) is 4.39 Å². The highest BCUT2D eigenvalue weighted by molar-refractivity contribution is 5.32. The van der Waals surface area contributed by atoms with Gasteiger partial charge in [0.05, 0.1) is 7.11 Å². The van der Waals surface area contributed by atoms with E-state index >= 15 is 0 Å². The van der Waals surface area contributed by atoms with Crippen LogP contribution in [0.15, 0.2) is 18.2 Å². The van der Waals surface area contributed by atoms with Crippen LogP contribution in [0.2, 0.25) is 0 Å². The van der Waals surface area contributed by atoms with Gasteiger partial charge in [0.25, 0.3) is 0 Å². The molecule has 1 aromatic carbocycles. The van der Waals surface area contributed by atoms with Gasteiger partial charge in [0.2, 0.25) is 0 Å². The van der Waals surface area contributed by atoms with Crippen molar-refractivity contribution in [3.8, 4) is 5.75 Å². The molecule has 0 aliphatic carbocycles. The molecular formula is C13H20FNO. The van der Waals surface area contributed by atoms with Gasteiger partial charge in [-0.25, -0.2) is 4.39 Å². The van der Waals surface area contributed by atoms with Crippen molar-refractivity contribution in [3.63, 3.8) is 0 Å². The molecule has 0 aromatic heterocycles. The maximum Gasteiger partial charge on any atom is 0.165 e. The van der Waals surface area contributed by atoms with Gasteiger partial charge in [-0.3, -0.25) is 0 Å². The molecule has 2 nitrogen and oxygen atoms in total. The van der Waals surface area contributed by atoms with Crippen LogP contribution in [0.5, 0.6) is 5.75 Å². The second-order valence-electron chi connectivity index (χ2n) is 3.79. The average Bonchev–Trinajstić information content (AvgIpc) is 2.29. The van der Waals surface area contributed by atoms with E-state index in [-0.39, 0.29) is 11.9 Å². The molecule has 0 heterocycles. The second kappa shape index (κ2) is 6.48. The summed E-state index contributed by atoms with van der Waals surface area (Å²) in [5, 5.41) is 3.39. The summed E-state index contributed by atoms with van der Waals surface area (Å²) in [5.74, 6) is 0.00880. The van der Waals surface area contributed by atoms with Gasteiger partial charge in [-0.2, -0.15) is 0 Å². The van der Waals surface area contributed by atoms with Gasteiger partial charge < -0.3 is 10.1 Å². The molecule has 1 aromatic rings. The molecule has 1 rings (SSSR count). The van der Waals surface area contributed by atoms with Crippen molar-refractivity contribution in [1.29, 1.82) is 0 Å². The molecule has 0 saturated carbocycles. The minimum Gasteiger partial charge on any atom is -0.494 e. The molecule has 16 heavy (non-hydrogen) atoms. The summed E-state index contributed by atoms with van der Waals surface area (Å²) >= 11 is 0. The molecule has 0 saturated heterocycles. The number of halogens is 1. The fourth-order valence-corrected chi connectivity index (χ4v) is 1.81. The summed E-state index contributed by atoms with van der Waals surface area (Å²) in [6.07, 6.45) is 2.14. The van der Waals surface area contributed by atoms with Crippen LogP contribution in [0.25, 0.3) is 0 Å². The first-order chi connectivity index (χ1) is 7.72. The fourth-order valence-electron chi connectivity index (χ4n) is 1.81. The lowest BCUT2D eigenvalue weighted by Crippen LogP contribution is -2.20. The minimum atomic E-state index is -0.307. The Bertz CT molecular complexity index is 322. The lowest BCUT2D eigenvalue weighted by atomic mass is 10.0. The Labute approximate surface area is 96.8 Å². The number of nitrogens with one attached hydrogen (secondary N) is 1. The van der Waals surface area contributed by atoms with E-state index in [2.05, 4.69) is 19.2 Å². The highest BCUT2D eigenvalue weighted by Gasteiger charge is 2.11. The van der Waals surface area contributed by atoms with Crippen LogP contribution in [0, 0.1) is 5.82 Å². The van der Waals surface area contributed by atoms with Gasteiger partial charge >= 0.3 is 0 Å². The predicted octanol–water partition coefficient (Wildman–Crippen LogP) is 3.29. The largest absolute Gasteiger partial charge is 0.494 e. The van der Waals surface area contributed by atoms with Crippen LogP contribution in [-0.2, 0) is 0 Å². The quantitative estimate of drug-likeness (QED) is 0.802. The first-order valence-electron chi connectivity index (χ1n) is 5.79. The summed E-state index contributed by atoms with van der Waals surface area (Å²) in [7, 11) is 1.49. The van der Waals surface area contributed by atoms with Crippen LogP contribution in [0.4, 0.5) is 4.39 Å². The molecule has 0 amide bonds. The van der Waals surface area contributed by atoms with Gasteiger partial charge in [-0.05, 0) is 30.7 Å². The molecule has 1 unspecified atom stereocenters. The lowest BCUT2D eigenvalue weighted by Gasteiger charge is -2.18. The molecule has 0 spiro atoms. The fraction of sp³-hybridized carbons (Fsp3) is 0.538. The molecule has 3 heteroatoms. The highest BCUT2D eigenvalue weighted by atomic mass is 19.1. The third-order valence-corrected chi connectivity index (χ3v) is 2.61. The summed E-state index contributed by atoms with van der Waals surface area (Å²) in [6, 6.07) is 5.34. The predicted molar refractivity (Wildman–Crippen MR) is 64.3 cm³/mol. The van der Waals surface area contributed by atoms with Crippen LogP contribution in [0.3, 0.4) is 0 Å². The smallest absolute Gasteiger partial charge is 0.165 e. The maximum absolute atomic E-state index is 13.3. The number of rotatable bonds is 6. The molecule has 90 valence electrons. The number of ether oxygens (including phenoxy) is 1. The number of hydrogen-bond acceptors (Lipinski definition) is 2. The molecule has 0 radical (unpaired) electrons. The molecule has 0 aliphatic rings. The summed E-state index contributed by atoms with van der Waals surface area (Å²) in [4.78, 5) is 0. The van der Waals surface area contributed by atoms with E-state index in [1.54, 1.807) is 6.07 Å². The number of hydrogen-bond donors (Lipinski definition) is 1. The molecule has 0 aliphatic heterocycles. The number of methoxy groups -OCH3 is 1. The Kier molecular flexibility index (Phi) is 5.26. The lowest BCUT2D eigenvalue weighted by molar-refractivity contribution is 0.384. The zero-order chi connectivity index (χ0) is 12.0. The molecular weight excluding hydrogens is 205 g/mol. The Balaban J connectivity index is 2.90. The SMILES string of the molecule is CCCC(NCC)c1ccc(F)c(OC)c1. The summed E-state index contributed by atoms with van der Waals surface area (Å²) < 4.78 is 18.2. The van der Waals surface area contributed by atoms with Crippen LogP contribution in [0.1, 0.15) is 38.3 Å². The third kappa shape index (κ3) is 3.20. The van der Waals surface area contributed by atoms with Crippen LogP contribution < -0.4 is 10.1 Å². The van der Waals surface area contributed by atoms with Crippen molar-refractivity contribution < 1.29 is 9.13 Å². The topological polar surface area (TPSA) is 21.3 Å². The van der Waals surface area contributed by atoms with Crippen molar-refractivity contribution >= 4 is 0 Å². The summed E-state index contributed by atoms with van der Waals surface area (Å²) in [6.45, 7) is 5.12. The van der Waals surface area contributed by atoms with Crippen LogP contribution in [-0.4, -0.2) is 13.7 Å². The van der Waals surface area contributed by atoms with Gasteiger partial charge in [0.15, 0.2) is 11.6 Å². The molecule has 1 N–H and O–H groups in total. The van der Waals surface area contributed by atoms with Gasteiger partial charge in [0, 0.05) is 6.04 Å². The van der Waals surface area contributed by atoms with E-state index in [0.29, 0.717) is 5.75 Å². The van der Waals surface area contributed by atoms with Gasteiger partial charge in [-0.1, -0.05) is 26.3 Å².